The number of benzene rings is 2. The third-order valence-electron chi connectivity index (χ3n) is 2.08. The lowest BCUT2D eigenvalue weighted by Crippen LogP contribution is -1.77. The molecule has 0 aliphatic heterocycles. The highest BCUT2D eigenvalue weighted by Crippen LogP contribution is 2.35. The van der Waals surface area contributed by atoms with Crippen molar-refractivity contribution in [2.45, 2.75) is 0 Å². The molecule has 0 spiro atoms. The van der Waals surface area contributed by atoms with E-state index in [1.165, 1.54) is 6.07 Å². The van der Waals surface area contributed by atoms with Crippen LogP contribution in [0.5, 0.6) is 11.5 Å². The van der Waals surface area contributed by atoms with E-state index in [1.54, 1.807) is 12.1 Å². The van der Waals surface area contributed by atoms with Gasteiger partial charge in [0, 0.05) is 5.56 Å². The van der Waals surface area contributed by atoms with Gasteiger partial charge in [0.05, 0.1) is 0 Å². The summed E-state index contributed by atoms with van der Waals surface area (Å²) >= 11 is 0. The maximum Gasteiger partial charge on any atom is 0.220 e. The average Bonchev–Trinajstić information content (AvgIpc) is 2.23. The van der Waals surface area contributed by atoms with Crippen molar-refractivity contribution in [3.8, 4) is 22.6 Å². The molecule has 0 atom stereocenters. The van der Waals surface area contributed by atoms with Crippen molar-refractivity contribution in [2.75, 3.05) is 0 Å². The average molecular weight is 185 g/mol. The van der Waals surface area contributed by atoms with Gasteiger partial charge in [0.15, 0.2) is 5.75 Å². The summed E-state index contributed by atoms with van der Waals surface area (Å²) in [6.45, 7) is 0. The van der Waals surface area contributed by atoms with Crippen molar-refractivity contribution >= 4 is 0 Å². The van der Waals surface area contributed by atoms with Crippen LogP contribution in [0.4, 0.5) is 0 Å². The molecule has 2 heteroatoms. The molecular formula is C12H9O2. The summed E-state index contributed by atoms with van der Waals surface area (Å²) in [6, 6.07) is 14.1. The monoisotopic (exact) mass is 185 g/mol. The topological polar surface area (TPSA) is 40.1 Å². The number of phenolic OH excluding ortho intramolecular Hbond substituents is 1. The third kappa shape index (κ3) is 1.42. The summed E-state index contributed by atoms with van der Waals surface area (Å²) in [7, 11) is 0. The molecule has 0 saturated heterocycles. The Kier molecular flexibility index (Phi) is 2.11. The van der Waals surface area contributed by atoms with Crippen molar-refractivity contribution in [1.82, 2.24) is 0 Å². The van der Waals surface area contributed by atoms with Gasteiger partial charge in [-0.2, -0.15) is 0 Å². The molecule has 2 aromatic carbocycles. The lowest BCUT2D eigenvalue weighted by Gasteiger charge is -2.03. The first-order valence-corrected chi connectivity index (χ1v) is 4.33. The van der Waals surface area contributed by atoms with Crippen molar-refractivity contribution in [3.63, 3.8) is 0 Å². The Labute approximate surface area is 82.1 Å². The van der Waals surface area contributed by atoms with Crippen LogP contribution < -0.4 is 0 Å². The van der Waals surface area contributed by atoms with Gasteiger partial charge < -0.3 is 5.11 Å². The molecule has 0 aromatic heterocycles. The number of phenols is 1. The minimum absolute atomic E-state index is 0.182. The van der Waals surface area contributed by atoms with Gasteiger partial charge >= 0.3 is 0 Å². The molecule has 1 radical (unpaired) electrons. The SMILES string of the molecule is [O]c1cccc(-c2ccccc2)c1O. The first-order chi connectivity index (χ1) is 6.79. The van der Waals surface area contributed by atoms with E-state index in [0.29, 0.717) is 5.56 Å². The summed E-state index contributed by atoms with van der Waals surface area (Å²) < 4.78 is 0. The van der Waals surface area contributed by atoms with Gasteiger partial charge in [-0.25, -0.2) is 0 Å². The molecule has 14 heavy (non-hydrogen) atoms. The van der Waals surface area contributed by atoms with Crippen molar-refractivity contribution < 1.29 is 10.2 Å². The number of hydrogen-bond acceptors (Lipinski definition) is 1. The molecule has 2 nitrogen and oxygen atoms in total. The van der Waals surface area contributed by atoms with Gasteiger partial charge in [0.1, 0.15) is 0 Å². The molecule has 0 bridgehead atoms. The van der Waals surface area contributed by atoms with Crippen LogP contribution in [0, 0.1) is 0 Å². The van der Waals surface area contributed by atoms with Gasteiger partial charge in [-0.3, -0.25) is 5.11 Å². The lowest BCUT2D eigenvalue weighted by molar-refractivity contribution is 0.325. The van der Waals surface area contributed by atoms with E-state index in [-0.39, 0.29) is 11.5 Å². The molecule has 0 fully saturated rings. The Balaban J connectivity index is 2.58. The van der Waals surface area contributed by atoms with Crippen molar-refractivity contribution in [3.05, 3.63) is 48.5 Å². The van der Waals surface area contributed by atoms with Crippen LogP contribution in [-0.2, 0) is 5.11 Å². The molecule has 0 aliphatic carbocycles. The second-order valence-corrected chi connectivity index (χ2v) is 3.02. The molecule has 0 unspecified atom stereocenters. The number of hydrogen-bond donors (Lipinski definition) is 1. The normalized spacial score (nSPS) is 10.0. The van der Waals surface area contributed by atoms with Crippen LogP contribution in [0.1, 0.15) is 0 Å². The maximum absolute atomic E-state index is 11.2. The van der Waals surface area contributed by atoms with Crippen LogP contribution in [0.3, 0.4) is 0 Å². The largest absolute Gasteiger partial charge is 0.504 e. The molecule has 0 aliphatic rings. The van der Waals surface area contributed by atoms with Crippen LogP contribution in [-0.4, -0.2) is 5.11 Å². The Morgan fingerprint density at radius 2 is 1.57 bits per heavy atom. The molecule has 1 N–H and O–H groups in total. The summed E-state index contributed by atoms with van der Waals surface area (Å²) in [5.41, 5.74) is 1.43. The van der Waals surface area contributed by atoms with E-state index >= 15 is 0 Å². The fourth-order valence-electron chi connectivity index (χ4n) is 1.37. The second kappa shape index (κ2) is 3.42. The first kappa shape index (κ1) is 8.63. The lowest BCUT2D eigenvalue weighted by atomic mass is 10.0. The fourth-order valence-corrected chi connectivity index (χ4v) is 1.37. The Morgan fingerprint density at radius 3 is 2.29 bits per heavy atom. The van der Waals surface area contributed by atoms with Crippen LogP contribution >= 0.6 is 0 Å². The van der Waals surface area contributed by atoms with Crippen LogP contribution in [0.25, 0.3) is 11.1 Å². The highest BCUT2D eigenvalue weighted by atomic mass is 16.3. The predicted molar refractivity (Wildman–Crippen MR) is 53.7 cm³/mol. The van der Waals surface area contributed by atoms with E-state index in [4.69, 9.17) is 0 Å². The Morgan fingerprint density at radius 1 is 0.857 bits per heavy atom. The zero-order valence-corrected chi connectivity index (χ0v) is 7.47. The summed E-state index contributed by atoms with van der Waals surface area (Å²) in [5, 5.41) is 20.7. The first-order valence-electron chi connectivity index (χ1n) is 4.33. The molecule has 0 amide bonds. The summed E-state index contributed by atoms with van der Waals surface area (Å²) in [6.07, 6.45) is 0. The van der Waals surface area contributed by atoms with Gasteiger partial charge in [0.2, 0.25) is 5.75 Å². The van der Waals surface area contributed by atoms with Crippen LogP contribution in [0.2, 0.25) is 0 Å². The van der Waals surface area contributed by atoms with Gasteiger partial charge in [-0.15, -0.1) is 0 Å². The fraction of sp³-hybridized carbons (Fsp3) is 0. The molecule has 2 rings (SSSR count). The quantitative estimate of drug-likeness (QED) is 0.728. The van der Waals surface area contributed by atoms with Gasteiger partial charge in [-0.1, -0.05) is 42.5 Å². The summed E-state index contributed by atoms with van der Waals surface area (Å²) in [5.74, 6) is -0.523. The van der Waals surface area contributed by atoms with E-state index in [9.17, 15) is 10.2 Å². The number of aromatic hydroxyl groups is 1. The smallest absolute Gasteiger partial charge is 0.220 e. The molecule has 69 valence electrons. The van der Waals surface area contributed by atoms with Crippen LogP contribution in [0.15, 0.2) is 48.5 Å². The maximum atomic E-state index is 11.2. The Bertz CT molecular complexity index is 435. The molecule has 2 aromatic rings. The van der Waals surface area contributed by atoms with Gasteiger partial charge in [0.25, 0.3) is 0 Å². The molecular weight excluding hydrogens is 176 g/mol. The highest BCUT2D eigenvalue weighted by molar-refractivity contribution is 5.72. The number of rotatable bonds is 1. The number of para-hydroxylation sites is 1. The van der Waals surface area contributed by atoms with E-state index in [1.807, 2.05) is 30.3 Å². The zero-order valence-electron chi connectivity index (χ0n) is 7.47. The van der Waals surface area contributed by atoms with Crippen molar-refractivity contribution in [2.24, 2.45) is 0 Å². The summed E-state index contributed by atoms with van der Waals surface area (Å²) in [4.78, 5) is 0. The van der Waals surface area contributed by atoms with E-state index in [0.717, 1.165) is 5.56 Å². The van der Waals surface area contributed by atoms with E-state index < -0.39 is 0 Å². The third-order valence-corrected chi connectivity index (χ3v) is 2.08. The molecule has 0 heterocycles. The minimum Gasteiger partial charge on any atom is -0.504 e. The predicted octanol–water partition coefficient (Wildman–Crippen LogP) is 3.20. The van der Waals surface area contributed by atoms with Gasteiger partial charge in [-0.05, 0) is 11.6 Å². The van der Waals surface area contributed by atoms with E-state index in [2.05, 4.69) is 0 Å². The standard InChI is InChI=1S/C12H9O2/c13-11-8-4-7-10(12(11)14)9-5-2-1-3-6-9/h1-8,14H. The molecule has 0 saturated carbocycles. The highest BCUT2D eigenvalue weighted by Gasteiger charge is 2.08. The second-order valence-electron chi connectivity index (χ2n) is 3.02. The Hall–Kier alpha value is -1.96. The minimum atomic E-state index is -0.341. The zero-order chi connectivity index (χ0) is 9.97. The van der Waals surface area contributed by atoms with Crippen molar-refractivity contribution in [1.29, 1.82) is 0 Å².